The fourth-order valence-corrected chi connectivity index (χ4v) is 6.86. The van der Waals surface area contributed by atoms with Crippen LogP contribution in [0.1, 0.15) is 46.1 Å². The molecule has 2 fully saturated rings. The van der Waals surface area contributed by atoms with Crippen molar-refractivity contribution < 1.29 is 28.5 Å². The monoisotopic (exact) mass is 565 g/mol. The summed E-state index contributed by atoms with van der Waals surface area (Å²) in [6.45, 7) is 1.48. The van der Waals surface area contributed by atoms with Crippen molar-refractivity contribution in [2.24, 2.45) is 0 Å². The van der Waals surface area contributed by atoms with Gasteiger partial charge in [-0.2, -0.15) is 0 Å². The average molecular weight is 566 g/mol. The third kappa shape index (κ3) is 4.23. The zero-order valence-electron chi connectivity index (χ0n) is 21.6. The van der Waals surface area contributed by atoms with Gasteiger partial charge in [-0.3, -0.25) is 19.3 Å². The molecule has 3 aromatic rings. The zero-order chi connectivity index (χ0) is 27.4. The normalized spacial score (nSPS) is 21.7. The van der Waals surface area contributed by atoms with Crippen molar-refractivity contribution in [1.82, 2.24) is 9.58 Å². The number of nitrogens with zero attached hydrogens (tertiary/aromatic N) is 3. The van der Waals surface area contributed by atoms with Crippen molar-refractivity contribution in [3.05, 3.63) is 87.1 Å². The smallest absolute Gasteiger partial charge is 0.278 e. The average Bonchev–Trinajstić information content (AvgIpc) is 3.81. The number of rotatable bonds is 6. The molecule has 4 aliphatic rings. The van der Waals surface area contributed by atoms with E-state index in [1.54, 1.807) is 27.4 Å². The summed E-state index contributed by atoms with van der Waals surface area (Å²) in [4.78, 5) is 28.6. The summed E-state index contributed by atoms with van der Waals surface area (Å²) < 4.78 is 34.5. The minimum atomic E-state index is -0.630. The summed E-state index contributed by atoms with van der Waals surface area (Å²) >= 11 is 1.59. The van der Waals surface area contributed by atoms with Gasteiger partial charge in [0, 0.05) is 35.0 Å². The van der Waals surface area contributed by atoms with Gasteiger partial charge in [0.1, 0.15) is 12.8 Å². The number of thioether (sulfide) groups is 1. The molecule has 3 aliphatic heterocycles. The Hall–Kier alpha value is -3.54. The lowest BCUT2D eigenvalue weighted by Crippen LogP contribution is -2.66. The molecule has 208 valence electrons. The van der Waals surface area contributed by atoms with Crippen LogP contribution in [0.3, 0.4) is 0 Å². The second-order valence-corrected chi connectivity index (χ2v) is 11.3. The second kappa shape index (κ2) is 10.1. The van der Waals surface area contributed by atoms with Crippen LogP contribution in [0.25, 0.3) is 0 Å². The van der Waals surface area contributed by atoms with E-state index in [2.05, 4.69) is 0 Å². The highest BCUT2D eigenvalue weighted by molar-refractivity contribution is 7.98. The number of amides is 1. The van der Waals surface area contributed by atoms with Gasteiger partial charge in [-0.1, -0.05) is 24.3 Å². The van der Waals surface area contributed by atoms with E-state index in [1.807, 2.05) is 29.3 Å². The number of fused-ring (bicyclic) bond motifs is 4. The predicted molar refractivity (Wildman–Crippen MR) is 145 cm³/mol. The lowest BCUT2D eigenvalue weighted by Gasteiger charge is -2.51. The number of aromatic nitrogens is 1. The summed E-state index contributed by atoms with van der Waals surface area (Å²) in [5.74, 6) is -0.823. The van der Waals surface area contributed by atoms with Crippen LogP contribution in [0.4, 0.5) is 4.39 Å². The maximum Gasteiger partial charge on any atom is 0.278 e. The number of morpholine rings is 1. The highest BCUT2D eigenvalue weighted by Gasteiger charge is 2.46. The van der Waals surface area contributed by atoms with Gasteiger partial charge in [0.15, 0.2) is 23.0 Å². The van der Waals surface area contributed by atoms with Crippen molar-refractivity contribution >= 4 is 17.7 Å². The van der Waals surface area contributed by atoms with Crippen LogP contribution in [0.5, 0.6) is 11.5 Å². The standard InChI is InChI=1S/C29H28FN3O6S/c30-21-8-7-18-20(28(21)39-14-13-38-17-5-6-17)16-40-23-4-2-1-3-19(23)25(18)33-24-15-37-12-11-31(24)29(36)26-27(35)22(34)9-10-32(26)33/h1-4,7-10,17,24-25,35H,5-6,11-16H2/t24-,25+/m1/s1. The minimum absolute atomic E-state index is 0.0996. The number of hydrogen-bond acceptors (Lipinski definition) is 8. The number of benzene rings is 2. The molecule has 0 bridgehead atoms. The van der Waals surface area contributed by atoms with Crippen LogP contribution >= 0.6 is 11.8 Å². The lowest BCUT2D eigenvalue weighted by molar-refractivity contribution is -0.0197. The topological polar surface area (TPSA) is 93.5 Å². The van der Waals surface area contributed by atoms with Crippen LogP contribution in [-0.2, 0) is 15.2 Å². The van der Waals surface area contributed by atoms with Crippen molar-refractivity contribution in [3.8, 4) is 11.5 Å². The van der Waals surface area contributed by atoms with E-state index in [0.29, 0.717) is 31.1 Å². The Kier molecular flexibility index (Phi) is 6.44. The van der Waals surface area contributed by atoms with Gasteiger partial charge in [-0.05, 0) is 36.1 Å². The zero-order valence-corrected chi connectivity index (χ0v) is 22.4. The molecule has 40 heavy (non-hydrogen) atoms. The first-order valence-electron chi connectivity index (χ1n) is 13.4. The quantitative estimate of drug-likeness (QED) is 0.455. The van der Waals surface area contributed by atoms with Gasteiger partial charge in [0.25, 0.3) is 5.91 Å². The third-order valence-corrected chi connectivity index (χ3v) is 8.89. The van der Waals surface area contributed by atoms with E-state index < -0.39 is 35.1 Å². The van der Waals surface area contributed by atoms with Gasteiger partial charge < -0.3 is 24.2 Å². The molecule has 1 saturated carbocycles. The Bertz CT molecular complexity index is 1540. The van der Waals surface area contributed by atoms with Gasteiger partial charge in [-0.15, -0.1) is 11.8 Å². The second-order valence-electron chi connectivity index (χ2n) is 10.2. The molecule has 1 aromatic heterocycles. The number of carbonyl (C=O) groups excluding carboxylic acids is 1. The molecule has 0 radical (unpaired) electrons. The van der Waals surface area contributed by atoms with E-state index in [1.165, 1.54) is 18.3 Å². The van der Waals surface area contributed by atoms with Crippen molar-refractivity contribution in [1.29, 1.82) is 0 Å². The lowest BCUT2D eigenvalue weighted by atomic mass is 9.92. The maximum atomic E-state index is 15.3. The molecule has 11 heteroatoms. The fraction of sp³-hybridized carbons (Fsp3) is 0.379. The van der Waals surface area contributed by atoms with Crippen LogP contribution in [0.2, 0.25) is 0 Å². The Morgan fingerprint density at radius 3 is 2.77 bits per heavy atom. The molecular formula is C29H28FN3O6S. The molecule has 4 heterocycles. The number of carbonyl (C=O) groups is 1. The first kappa shape index (κ1) is 25.4. The summed E-state index contributed by atoms with van der Waals surface area (Å²) in [6, 6.07) is 11.8. The van der Waals surface area contributed by atoms with E-state index in [9.17, 15) is 14.7 Å². The highest BCUT2D eigenvalue weighted by atomic mass is 32.2. The number of ether oxygens (including phenoxy) is 3. The largest absolute Gasteiger partial charge is 0.502 e. The first-order chi connectivity index (χ1) is 19.5. The van der Waals surface area contributed by atoms with Crippen molar-refractivity contribution in [2.45, 2.75) is 41.8 Å². The molecule has 1 aliphatic carbocycles. The molecule has 7 rings (SSSR count). The van der Waals surface area contributed by atoms with E-state index in [0.717, 1.165) is 28.9 Å². The Morgan fingerprint density at radius 1 is 1.07 bits per heavy atom. The van der Waals surface area contributed by atoms with E-state index >= 15 is 4.39 Å². The van der Waals surface area contributed by atoms with Crippen molar-refractivity contribution in [3.63, 3.8) is 0 Å². The van der Waals surface area contributed by atoms with Gasteiger partial charge >= 0.3 is 0 Å². The van der Waals surface area contributed by atoms with Crippen LogP contribution in [0, 0.1) is 5.82 Å². The molecular weight excluding hydrogens is 537 g/mol. The maximum absolute atomic E-state index is 15.3. The van der Waals surface area contributed by atoms with E-state index in [4.69, 9.17) is 14.2 Å². The van der Waals surface area contributed by atoms with Crippen LogP contribution < -0.4 is 15.2 Å². The predicted octanol–water partition coefficient (Wildman–Crippen LogP) is 3.40. The molecule has 1 N–H and O–H groups in total. The minimum Gasteiger partial charge on any atom is -0.502 e. The SMILES string of the molecule is O=C1c2c(O)c(=O)ccn2N([C@@H]2c3ccccc3SCc3c2ccc(F)c3OCCOC2CC2)[C@@H]2COCCN12. The fourth-order valence-electron chi connectivity index (χ4n) is 5.74. The number of pyridine rings is 1. The molecule has 9 nitrogen and oxygen atoms in total. The summed E-state index contributed by atoms with van der Waals surface area (Å²) in [5, 5.41) is 12.7. The summed E-state index contributed by atoms with van der Waals surface area (Å²) in [7, 11) is 0. The Labute approximate surface area is 234 Å². The molecule has 0 spiro atoms. The highest BCUT2D eigenvalue weighted by Crippen LogP contribution is 2.47. The summed E-state index contributed by atoms with van der Waals surface area (Å²) in [6.07, 6.45) is 3.35. The third-order valence-electron chi connectivity index (χ3n) is 7.78. The molecule has 1 saturated heterocycles. The first-order valence-corrected chi connectivity index (χ1v) is 14.4. The van der Waals surface area contributed by atoms with Gasteiger partial charge in [0.2, 0.25) is 5.43 Å². The van der Waals surface area contributed by atoms with Crippen LogP contribution in [0.15, 0.2) is 58.4 Å². The van der Waals surface area contributed by atoms with Gasteiger partial charge in [-0.25, -0.2) is 4.39 Å². The van der Waals surface area contributed by atoms with E-state index in [-0.39, 0.29) is 30.8 Å². The van der Waals surface area contributed by atoms with Crippen molar-refractivity contribution in [2.75, 3.05) is 38.0 Å². The Balaban J connectivity index is 1.40. The molecule has 2 atom stereocenters. The number of halogens is 1. The van der Waals surface area contributed by atoms with Crippen LogP contribution in [-0.4, -0.2) is 65.8 Å². The Morgan fingerprint density at radius 2 is 1.93 bits per heavy atom. The molecule has 1 amide bonds. The number of aromatic hydroxyl groups is 1. The molecule has 2 aromatic carbocycles. The van der Waals surface area contributed by atoms with Gasteiger partial charge in [0.05, 0.1) is 32.0 Å². The molecule has 0 unspecified atom stereocenters. The number of hydrogen-bond donors (Lipinski definition) is 1. The summed E-state index contributed by atoms with van der Waals surface area (Å²) in [5.41, 5.74) is 1.74.